The van der Waals surface area contributed by atoms with Gasteiger partial charge in [0.05, 0.1) is 37.1 Å². The molecule has 2 aliphatic rings. The van der Waals surface area contributed by atoms with E-state index in [9.17, 15) is 4.79 Å². The first-order chi connectivity index (χ1) is 11.3. The van der Waals surface area contributed by atoms with Crippen molar-refractivity contribution in [2.24, 2.45) is 0 Å². The summed E-state index contributed by atoms with van der Waals surface area (Å²) in [5.74, 6) is 0.0632. The Labute approximate surface area is 133 Å². The average Bonchev–Trinajstić information content (AvgIpc) is 3.31. The second-order valence-corrected chi connectivity index (χ2v) is 5.96. The van der Waals surface area contributed by atoms with Gasteiger partial charge in [0.25, 0.3) is 5.91 Å². The maximum atomic E-state index is 12.8. The van der Waals surface area contributed by atoms with Crippen molar-refractivity contribution < 1.29 is 14.3 Å². The summed E-state index contributed by atoms with van der Waals surface area (Å²) in [4.78, 5) is 14.6. The molecule has 3 heterocycles. The van der Waals surface area contributed by atoms with Gasteiger partial charge in [-0.1, -0.05) is 6.07 Å². The van der Waals surface area contributed by atoms with Gasteiger partial charge in [0.2, 0.25) is 0 Å². The minimum atomic E-state index is -0.0678. The number of fused-ring (bicyclic) bond motifs is 1. The number of amides is 1. The molecule has 1 aromatic carbocycles. The summed E-state index contributed by atoms with van der Waals surface area (Å²) in [5, 5.41) is 10.6. The Bertz CT molecular complexity index is 716. The molecule has 2 atom stereocenters. The minimum absolute atomic E-state index is 0.0211. The fraction of sp³-hybridized carbons (Fsp3) is 0.438. The number of ether oxygens (including phenoxy) is 2. The maximum absolute atomic E-state index is 12.8. The van der Waals surface area contributed by atoms with Crippen molar-refractivity contribution in [2.45, 2.75) is 25.2 Å². The van der Waals surface area contributed by atoms with E-state index in [2.05, 4.69) is 15.4 Å². The molecule has 1 saturated heterocycles. The zero-order chi connectivity index (χ0) is 15.8. The largest absolute Gasteiger partial charge is 0.379 e. The molecule has 7 nitrogen and oxygen atoms in total. The zero-order valence-corrected chi connectivity index (χ0v) is 12.9. The van der Waals surface area contributed by atoms with Crippen LogP contribution in [-0.4, -0.2) is 52.5 Å². The summed E-state index contributed by atoms with van der Waals surface area (Å²) < 4.78 is 11.0. The number of aromatic nitrogens is 3. The van der Waals surface area contributed by atoms with E-state index in [-0.39, 0.29) is 17.9 Å². The number of hydrogen-bond acceptors (Lipinski definition) is 5. The van der Waals surface area contributed by atoms with Crippen LogP contribution in [0.15, 0.2) is 24.4 Å². The van der Waals surface area contributed by atoms with Crippen molar-refractivity contribution in [2.75, 3.05) is 20.2 Å². The van der Waals surface area contributed by atoms with Gasteiger partial charge in [-0.05, 0) is 23.3 Å². The molecule has 23 heavy (non-hydrogen) atoms. The molecular weight excluding hydrogens is 296 g/mol. The molecule has 0 aliphatic carbocycles. The maximum Gasteiger partial charge on any atom is 0.253 e. The van der Waals surface area contributed by atoms with Crippen LogP contribution in [0.1, 0.15) is 33.1 Å². The molecule has 1 amide bonds. The number of methoxy groups -OCH3 is 1. The second kappa shape index (κ2) is 5.75. The molecule has 1 N–H and O–H groups in total. The van der Waals surface area contributed by atoms with Crippen molar-refractivity contribution in [3.63, 3.8) is 0 Å². The van der Waals surface area contributed by atoms with E-state index in [0.29, 0.717) is 31.9 Å². The molecule has 0 unspecified atom stereocenters. The molecule has 1 fully saturated rings. The Kier molecular flexibility index (Phi) is 3.59. The van der Waals surface area contributed by atoms with Gasteiger partial charge in [0.1, 0.15) is 0 Å². The highest BCUT2D eigenvalue weighted by molar-refractivity contribution is 5.94. The Morgan fingerprint density at radius 1 is 1.35 bits per heavy atom. The summed E-state index contributed by atoms with van der Waals surface area (Å²) in [7, 11) is 1.67. The third kappa shape index (κ3) is 2.51. The standard InChI is InChI=1S/C16H18N4O3/c1-22-15-7-20(6-13(15)14-5-17-19-18-14)16(21)10-2-3-11-8-23-9-12(11)4-10/h2-5,13,15H,6-9H2,1H3,(H,17,18,19)/t13-,15+/m0/s1. The van der Waals surface area contributed by atoms with Gasteiger partial charge < -0.3 is 14.4 Å². The molecule has 7 heteroatoms. The van der Waals surface area contributed by atoms with Crippen LogP contribution in [0.5, 0.6) is 0 Å². The monoisotopic (exact) mass is 314 g/mol. The van der Waals surface area contributed by atoms with Gasteiger partial charge in [-0.3, -0.25) is 4.79 Å². The van der Waals surface area contributed by atoms with Crippen LogP contribution in [-0.2, 0) is 22.7 Å². The molecule has 2 aromatic rings. The Morgan fingerprint density at radius 2 is 2.22 bits per heavy atom. The normalized spacial score (nSPS) is 23.3. The molecule has 120 valence electrons. The molecule has 0 spiro atoms. The lowest BCUT2D eigenvalue weighted by Crippen LogP contribution is -2.30. The van der Waals surface area contributed by atoms with Crippen molar-refractivity contribution in [3.8, 4) is 0 Å². The SMILES string of the molecule is CO[C@@H]1CN(C(=O)c2ccc3c(c2)COC3)C[C@H]1c1cn[nH]n1. The van der Waals surface area contributed by atoms with Gasteiger partial charge in [-0.25, -0.2) is 0 Å². The van der Waals surface area contributed by atoms with Crippen LogP contribution >= 0.6 is 0 Å². The van der Waals surface area contributed by atoms with E-state index in [0.717, 1.165) is 11.3 Å². The second-order valence-electron chi connectivity index (χ2n) is 5.96. The third-order valence-electron chi connectivity index (χ3n) is 4.64. The van der Waals surface area contributed by atoms with E-state index in [4.69, 9.17) is 9.47 Å². The third-order valence-corrected chi connectivity index (χ3v) is 4.64. The van der Waals surface area contributed by atoms with Crippen molar-refractivity contribution >= 4 is 5.91 Å². The lowest BCUT2D eigenvalue weighted by Gasteiger charge is -2.16. The van der Waals surface area contributed by atoms with E-state index in [1.165, 1.54) is 5.56 Å². The van der Waals surface area contributed by atoms with Crippen LogP contribution in [0.3, 0.4) is 0 Å². The first kappa shape index (κ1) is 14.3. The Hall–Kier alpha value is -2.25. The fourth-order valence-electron chi connectivity index (χ4n) is 3.34. The van der Waals surface area contributed by atoms with Gasteiger partial charge in [-0.15, -0.1) is 0 Å². The number of rotatable bonds is 3. The van der Waals surface area contributed by atoms with Gasteiger partial charge in [-0.2, -0.15) is 15.4 Å². The predicted molar refractivity (Wildman–Crippen MR) is 80.8 cm³/mol. The molecule has 0 bridgehead atoms. The van der Waals surface area contributed by atoms with Crippen LogP contribution in [0.25, 0.3) is 0 Å². The zero-order valence-electron chi connectivity index (χ0n) is 12.9. The fourth-order valence-corrected chi connectivity index (χ4v) is 3.34. The average molecular weight is 314 g/mol. The number of benzene rings is 1. The van der Waals surface area contributed by atoms with Crippen LogP contribution in [0, 0.1) is 0 Å². The van der Waals surface area contributed by atoms with E-state index >= 15 is 0 Å². The number of nitrogens with zero attached hydrogens (tertiary/aromatic N) is 3. The lowest BCUT2D eigenvalue weighted by atomic mass is 10.0. The Morgan fingerprint density at radius 3 is 3.00 bits per heavy atom. The van der Waals surface area contributed by atoms with Crippen molar-refractivity contribution in [1.82, 2.24) is 20.3 Å². The van der Waals surface area contributed by atoms with Crippen molar-refractivity contribution in [3.05, 3.63) is 46.8 Å². The van der Waals surface area contributed by atoms with Crippen molar-refractivity contribution in [1.29, 1.82) is 0 Å². The predicted octanol–water partition coefficient (Wildman–Crippen LogP) is 1.09. The topological polar surface area (TPSA) is 80.3 Å². The van der Waals surface area contributed by atoms with Gasteiger partial charge in [0, 0.05) is 25.8 Å². The van der Waals surface area contributed by atoms with Crippen LogP contribution < -0.4 is 0 Å². The van der Waals surface area contributed by atoms with Gasteiger partial charge >= 0.3 is 0 Å². The van der Waals surface area contributed by atoms with E-state index in [1.54, 1.807) is 13.3 Å². The molecular formula is C16H18N4O3. The number of nitrogens with one attached hydrogen (secondary N) is 1. The molecule has 1 aromatic heterocycles. The van der Waals surface area contributed by atoms with E-state index in [1.807, 2.05) is 23.1 Å². The quantitative estimate of drug-likeness (QED) is 0.917. The summed E-state index contributed by atoms with van der Waals surface area (Å²) in [6, 6.07) is 5.80. The number of likely N-dealkylation sites (tertiary alicyclic amines) is 1. The summed E-state index contributed by atoms with van der Waals surface area (Å²) in [5.41, 5.74) is 3.80. The molecule has 0 radical (unpaired) electrons. The first-order valence-electron chi connectivity index (χ1n) is 7.63. The molecule has 2 aliphatic heterocycles. The first-order valence-corrected chi connectivity index (χ1v) is 7.63. The number of aromatic amines is 1. The lowest BCUT2D eigenvalue weighted by molar-refractivity contribution is 0.0714. The smallest absolute Gasteiger partial charge is 0.253 e. The van der Waals surface area contributed by atoms with Crippen LogP contribution in [0.2, 0.25) is 0 Å². The Balaban J connectivity index is 1.55. The minimum Gasteiger partial charge on any atom is -0.379 e. The number of H-pyrrole nitrogens is 1. The highest BCUT2D eigenvalue weighted by Crippen LogP contribution is 2.29. The molecule has 0 saturated carbocycles. The summed E-state index contributed by atoms with van der Waals surface area (Å²) in [6.07, 6.45) is 1.62. The highest BCUT2D eigenvalue weighted by atomic mass is 16.5. The number of carbonyl (C=O) groups is 1. The van der Waals surface area contributed by atoms with Crippen LogP contribution in [0.4, 0.5) is 0 Å². The molecule has 4 rings (SSSR count). The summed E-state index contributed by atoms with van der Waals surface area (Å²) in [6.45, 7) is 2.35. The van der Waals surface area contributed by atoms with E-state index < -0.39 is 0 Å². The highest BCUT2D eigenvalue weighted by Gasteiger charge is 2.38. The number of hydrogen-bond donors (Lipinski definition) is 1. The number of carbonyl (C=O) groups excluding carboxylic acids is 1. The van der Waals surface area contributed by atoms with Gasteiger partial charge in [0.15, 0.2) is 0 Å². The summed E-state index contributed by atoms with van der Waals surface area (Å²) >= 11 is 0.